The van der Waals surface area contributed by atoms with Crippen molar-refractivity contribution in [1.29, 1.82) is 0 Å². The molecule has 1 aromatic rings. The molecule has 5 heteroatoms. The predicted molar refractivity (Wildman–Crippen MR) is 91.2 cm³/mol. The molecule has 2 amide bonds. The Morgan fingerprint density at radius 1 is 1.36 bits per heavy atom. The standard InChI is InChI=1S/C17H24N2O2S/c1-4-14-17(21)19(11-16(20)18-10-9-12(2)3)13-7-5-6-8-15(13)22-14/h5-8,12,14H,4,9-11H2,1-3H3,(H,18,20)/t14-/m0/s1. The topological polar surface area (TPSA) is 49.4 Å². The Labute approximate surface area is 136 Å². The minimum atomic E-state index is -0.0987. The largest absolute Gasteiger partial charge is 0.355 e. The fraction of sp³-hybridized carbons (Fsp3) is 0.529. The lowest BCUT2D eigenvalue weighted by Crippen LogP contribution is -2.46. The summed E-state index contributed by atoms with van der Waals surface area (Å²) < 4.78 is 0. The lowest BCUT2D eigenvalue weighted by molar-refractivity contribution is -0.123. The van der Waals surface area contributed by atoms with E-state index in [1.54, 1.807) is 16.7 Å². The van der Waals surface area contributed by atoms with Crippen LogP contribution < -0.4 is 10.2 Å². The van der Waals surface area contributed by atoms with Crippen LogP contribution in [0.15, 0.2) is 29.2 Å². The van der Waals surface area contributed by atoms with E-state index in [4.69, 9.17) is 0 Å². The first-order chi connectivity index (χ1) is 10.5. The SMILES string of the molecule is CC[C@@H]1Sc2ccccc2N(CC(=O)NCCC(C)C)C1=O. The molecule has 22 heavy (non-hydrogen) atoms. The van der Waals surface area contributed by atoms with Crippen LogP contribution in [0.25, 0.3) is 0 Å². The van der Waals surface area contributed by atoms with Gasteiger partial charge in [-0.2, -0.15) is 0 Å². The van der Waals surface area contributed by atoms with Crippen LogP contribution in [-0.2, 0) is 9.59 Å². The van der Waals surface area contributed by atoms with Crippen molar-refractivity contribution in [3.63, 3.8) is 0 Å². The molecule has 4 nitrogen and oxygen atoms in total. The number of anilines is 1. The van der Waals surface area contributed by atoms with Crippen LogP contribution in [-0.4, -0.2) is 30.2 Å². The van der Waals surface area contributed by atoms with Crippen LogP contribution in [0, 0.1) is 5.92 Å². The van der Waals surface area contributed by atoms with Crippen LogP contribution in [0.3, 0.4) is 0 Å². The number of nitrogens with zero attached hydrogens (tertiary/aromatic N) is 1. The van der Waals surface area contributed by atoms with Crippen LogP contribution in [0.2, 0.25) is 0 Å². The van der Waals surface area contributed by atoms with Crippen molar-refractivity contribution >= 4 is 29.3 Å². The first-order valence-electron chi connectivity index (χ1n) is 7.86. The average molecular weight is 320 g/mol. The molecule has 1 aromatic carbocycles. The molecular formula is C17H24N2O2S. The minimum absolute atomic E-state index is 0.0326. The van der Waals surface area contributed by atoms with Gasteiger partial charge >= 0.3 is 0 Å². The van der Waals surface area contributed by atoms with Gasteiger partial charge in [-0.25, -0.2) is 0 Å². The summed E-state index contributed by atoms with van der Waals surface area (Å²) in [4.78, 5) is 27.4. The summed E-state index contributed by atoms with van der Waals surface area (Å²) in [7, 11) is 0. The number of amides is 2. The third-order valence-corrected chi connectivity index (χ3v) is 5.10. The molecule has 0 bridgehead atoms. The van der Waals surface area contributed by atoms with Crippen molar-refractivity contribution < 1.29 is 9.59 Å². The summed E-state index contributed by atoms with van der Waals surface area (Å²) in [5.74, 6) is 0.495. The zero-order chi connectivity index (χ0) is 16.1. The van der Waals surface area contributed by atoms with Crippen molar-refractivity contribution in [2.75, 3.05) is 18.0 Å². The van der Waals surface area contributed by atoms with Gasteiger partial charge in [0.15, 0.2) is 0 Å². The zero-order valence-electron chi connectivity index (χ0n) is 13.5. The molecule has 0 radical (unpaired) electrons. The second-order valence-corrected chi connectivity index (χ2v) is 7.18. The number of nitrogens with one attached hydrogen (secondary N) is 1. The Hall–Kier alpha value is -1.49. The number of carbonyl (C=O) groups excluding carboxylic acids is 2. The Balaban J connectivity index is 2.07. The van der Waals surface area contributed by atoms with E-state index >= 15 is 0 Å². The highest BCUT2D eigenvalue weighted by Gasteiger charge is 2.33. The number of thioether (sulfide) groups is 1. The first-order valence-corrected chi connectivity index (χ1v) is 8.74. The fourth-order valence-electron chi connectivity index (χ4n) is 2.40. The van der Waals surface area contributed by atoms with E-state index in [1.165, 1.54) is 0 Å². The zero-order valence-corrected chi connectivity index (χ0v) is 14.3. The highest BCUT2D eigenvalue weighted by Crippen LogP contribution is 2.39. The summed E-state index contributed by atoms with van der Waals surface area (Å²) in [6.07, 6.45) is 1.72. The van der Waals surface area contributed by atoms with Gasteiger partial charge in [0.2, 0.25) is 11.8 Å². The van der Waals surface area contributed by atoms with Gasteiger partial charge in [-0.05, 0) is 30.9 Å². The van der Waals surface area contributed by atoms with E-state index in [0.29, 0.717) is 12.5 Å². The molecule has 0 unspecified atom stereocenters. The monoisotopic (exact) mass is 320 g/mol. The highest BCUT2D eigenvalue weighted by atomic mass is 32.2. The number of para-hydroxylation sites is 1. The minimum Gasteiger partial charge on any atom is -0.355 e. The van der Waals surface area contributed by atoms with Crippen molar-refractivity contribution in [2.45, 2.75) is 43.8 Å². The van der Waals surface area contributed by atoms with Crippen LogP contribution in [0.4, 0.5) is 5.69 Å². The molecule has 1 heterocycles. The quantitative estimate of drug-likeness (QED) is 0.876. The second-order valence-electron chi connectivity index (χ2n) is 5.94. The first kappa shape index (κ1) is 16.9. The summed E-state index contributed by atoms with van der Waals surface area (Å²) in [5.41, 5.74) is 0.848. The van der Waals surface area contributed by atoms with Gasteiger partial charge in [0.25, 0.3) is 0 Å². The third-order valence-electron chi connectivity index (χ3n) is 3.68. The highest BCUT2D eigenvalue weighted by molar-refractivity contribution is 8.01. The van der Waals surface area contributed by atoms with Crippen molar-refractivity contribution in [2.24, 2.45) is 5.92 Å². The Morgan fingerprint density at radius 2 is 2.09 bits per heavy atom. The summed E-state index contributed by atoms with van der Waals surface area (Å²) in [6, 6.07) is 7.80. The maximum Gasteiger partial charge on any atom is 0.240 e. The summed E-state index contributed by atoms with van der Waals surface area (Å²) >= 11 is 1.59. The third kappa shape index (κ3) is 4.03. The molecule has 0 saturated heterocycles. The Morgan fingerprint density at radius 3 is 2.77 bits per heavy atom. The second kappa shape index (κ2) is 7.68. The summed E-state index contributed by atoms with van der Waals surface area (Å²) in [6.45, 7) is 7.01. The molecular weight excluding hydrogens is 296 g/mol. The molecule has 1 aliphatic rings. The van der Waals surface area contributed by atoms with Crippen molar-refractivity contribution in [3.8, 4) is 0 Å². The average Bonchev–Trinajstić information content (AvgIpc) is 2.49. The Kier molecular flexibility index (Phi) is 5.89. The molecule has 1 atom stereocenters. The van der Waals surface area contributed by atoms with E-state index < -0.39 is 0 Å². The number of benzene rings is 1. The molecule has 0 aromatic heterocycles. The molecule has 1 N–H and O–H groups in total. The van der Waals surface area contributed by atoms with Gasteiger partial charge < -0.3 is 10.2 Å². The van der Waals surface area contributed by atoms with Gasteiger partial charge in [0.1, 0.15) is 6.54 Å². The Bertz CT molecular complexity index is 545. The molecule has 0 saturated carbocycles. The number of carbonyl (C=O) groups is 2. The number of rotatable bonds is 6. The normalized spacial score (nSPS) is 17.5. The molecule has 0 aliphatic carbocycles. The molecule has 2 rings (SSSR count). The fourth-order valence-corrected chi connectivity index (χ4v) is 3.55. The van der Waals surface area contributed by atoms with Gasteiger partial charge in [-0.1, -0.05) is 32.9 Å². The van der Waals surface area contributed by atoms with Crippen molar-refractivity contribution in [1.82, 2.24) is 5.32 Å². The maximum atomic E-state index is 12.6. The lowest BCUT2D eigenvalue weighted by Gasteiger charge is -2.32. The van der Waals surface area contributed by atoms with Gasteiger partial charge in [0.05, 0.1) is 10.9 Å². The molecule has 0 spiro atoms. The van der Waals surface area contributed by atoms with E-state index in [0.717, 1.165) is 23.4 Å². The lowest BCUT2D eigenvalue weighted by atomic mass is 10.1. The number of hydrogen-bond donors (Lipinski definition) is 1. The van der Waals surface area contributed by atoms with Crippen LogP contribution in [0.1, 0.15) is 33.6 Å². The van der Waals surface area contributed by atoms with E-state index in [1.807, 2.05) is 31.2 Å². The van der Waals surface area contributed by atoms with E-state index in [2.05, 4.69) is 19.2 Å². The van der Waals surface area contributed by atoms with Gasteiger partial charge in [-0.15, -0.1) is 11.8 Å². The van der Waals surface area contributed by atoms with Crippen LogP contribution >= 0.6 is 11.8 Å². The van der Waals surface area contributed by atoms with Gasteiger partial charge in [0, 0.05) is 11.4 Å². The van der Waals surface area contributed by atoms with E-state index in [9.17, 15) is 9.59 Å². The number of hydrogen-bond acceptors (Lipinski definition) is 3. The van der Waals surface area contributed by atoms with Crippen molar-refractivity contribution in [3.05, 3.63) is 24.3 Å². The van der Waals surface area contributed by atoms with Crippen LogP contribution in [0.5, 0.6) is 0 Å². The summed E-state index contributed by atoms with van der Waals surface area (Å²) in [5, 5.41) is 2.81. The maximum absolute atomic E-state index is 12.6. The molecule has 0 fully saturated rings. The van der Waals surface area contributed by atoms with Gasteiger partial charge in [-0.3, -0.25) is 9.59 Å². The number of fused-ring (bicyclic) bond motifs is 1. The smallest absolute Gasteiger partial charge is 0.240 e. The molecule has 120 valence electrons. The predicted octanol–water partition coefficient (Wildman–Crippen LogP) is 3.07. The van der Waals surface area contributed by atoms with E-state index in [-0.39, 0.29) is 23.6 Å². The molecule has 1 aliphatic heterocycles.